The SMILES string of the molecule is Cc1cc(C(=O)N2CCN(C(=O)OC3CN(C)C3)CC2)ccc1NS(=O)c1cccc2cccnc12. The van der Waals surface area contributed by atoms with Crippen LogP contribution in [0.15, 0.2) is 59.6 Å². The van der Waals surface area contributed by atoms with E-state index in [4.69, 9.17) is 4.74 Å². The highest BCUT2D eigenvalue weighted by Gasteiger charge is 2.31. The summed E-state index contributed by atoms with van der Waals surface area (Å²) >= 11 is 0. The van der Waals surface area contributed by atoms with Crippen LogP contribution in [0, 0.1) is 6.92 Å². The van der Waals surface area contributed by atoms with Crippen molar-refractivity contribution in [1.82, 2.24) is 19.7 Å². The van der Waals surface area contributed by atoms with Gasteiger partial charge in [-0.15, -0.1) is 0 Å². The van der Waals surface area contributed by atoms with Crippen molar-refractivity contribution < 1.29 is 18.5 Å². The minimum absolute atomic E-state index is 0.0385. The number of nitrogens with one attached hydrogen (secondary N) is 1. The Bertz CT molecular complexity index is 1310. The number of fused-ring (bicyclic) bond motifs is 1. The van der Waals surface area contributed by atoms with Gasteiger partial charge in [-0.3, -0.25) is 14.7 Å². The number of piperazine rings is 1. The van der Waals surface area contributed by atoms with Crippen molar-refractivity contribution in [2.24, 2.45) is 0 Å². The molecular weight excluding hydrogens is 478 g/mol. The Morgan fingerprint density at radius 1 is 1.03 bits per heavy atom. The molecule has 2 saturated heterocycles. The molecule has 0 radical (unpaired) electrons. The van der Waals surface area contributed by atoms with E-state index in [9.17, 15) is 13.8 Å². The van der Waals surface area contributed by atoms with Crippen LogP contribution < -0.4 is 4.72 Å². The van der Waals surface area contributed by atoms with Gasteiger partial charge in [0.1, 0.15) is 6.10 Å². The lowest BCUT2D eigenvalue weighted by molar-refractivity contribution is -0.0195. The number of likely N-dealkylation sites (N-methyl/N-ethyl adjacent to an activating group) is 1. The topological polar surface area (TPSA) is 95.1 Å². The summed E-state index contributed by atoms with van der Waals surface area (Å²) in [5.74, 6) is -0.0855. The normalized spacial score (nSPS) is 17.5. The maximum Gasteiger partial charge on any atom is 0.410 e. The number of hydrogen-bond acceptors (Lipinski definition) is 6. The Labute approximate surface area is 212 Å². The third kappa shape index (κ3) is 5.05. The highest BCUT2D eigenvalue weighted by atomic mass is 32.2. The van der Waals surface area contributed by atoms with Crippen LogP contribution >= 0.6 is 0 Å². The molecule has 1 unspecified atom stereocenters. The molecule has 10 heteroatoms. The number of rotatable bonds is 5. The lowest BCUT2D eigenvalue weighted by Gasteiger charge is -2.38. The minimum Gasteiger partial charge on any atom is -0.443 e. The fourth-order valence-electron chi connectivity index (χ4n) is 4.50. The lowest BCUT2D eigenvalue weighted by atomic mass is 10.1. The average Bonchev–Trinajstić information content (AvgIpc) is 2.88. The zero-order chi connectivity index (χ0) is 25.2. The molecule has 9 nitrogen and oxygen atoms in total. The van der Waals surface area contributed by atoms with Gasteiger partial charge in [-0.2, -0.15) is 0 Å². The van der Waals surface area contributed by atoms with E-state index in [2.05, 4.69) is 14.6 Å². The molecule has 0 bridgehead atoms. The van der Waals surface area contributed by atoms with Crippen LogP contribution in [0.5, 0.6) is 0 Å². The van der Waals surface area contributed by atoms with Gasteiger partial charge in [-0.25, -0.2) is 9.00 Å². The van der Waals surface area contributed by atoms with Crippen LogP contribution in [-0.4, -0.2) is 88.3 Å². The molecule has 1 aromatic heterocycles. The Hall–Kier alpha value is -3.50. The number of ether oxygens (including phenoxy) is 1. The molecule has 2 fully saturated rings. The van der Waals surface area contributed by atoms with E-state index >= 15 is 0 Å². The summed E-state index contributed by atoms with van der Waals surface area (Å²) in [6.07, 6.45) is 1.34. The second-order valence-electron chi connectivity index (χ2n) is 9.24. The molecule has 1 N–H and O–H groups in total. The van der Waals surface area contributed by atoms with E-state index in [1.54, 1.807) is 40.3 Å². The molecule has 3 heterocycles. The van der Waals surface area contributed by atoms with Crippen molar-refractivity contribution in [2.75, 3.05) is 51.0 Å². The first-order valence-corrected chi connectivity index (χ1v) is 13.1. The fourth-order valence-corrected chi connectivity index (χ4v) is 5.59. The smallest absolute Gasteiger partial charge is 0.410 e. The first kappa shape index (κ1) is 24.2. The van der Waals surface area contributed by atoms with E-state index in [0.717, 1.165) is 24.0 Å². The molecule has 36 heavy (non-hydrogen) atoms. The Morgan fingerprint density at radius 3 is 2.47 bits per heavy atom. The van der Waals surface area contributed by atoms with E-state index in [1.807, 2.05) is 38.2 Å². The summed E-state index contributed by atoms with van der Waals surface area (Å²) in [6.45, 7) is 5.21. The predicted octanol–water partition coefficient (Wildman–Crippen LogP) is 2.89. The van der Waals surface area contributed by atoms with Crippen LogP contribution in [0.1, 0.15) is 15.9 Å². The number of nitrogens with zero attached hydrogens (tertiary/aromatic N) is 4. The molecule has 0 spiro atoms. The maximum absolute atomic E-state index is 13.1. The van der Waals surface area contributed by atoms with E-state index in [1.165, 1.54) is 0 Å². The molecule has 0 aliphatic carbocycles. The van der Waals surface area contributed by atoms with E-state index in [0.29, 0.717) is 47.8 Å². The van der Waals surface area contributed by atoms with Crippen LogP contribution in [0.25, 0.3) is 10.9 Å². The van der Waals surface area contributed by atoms with Gasteiger partial charge in [0.15, 0.2) is 11.0 Å². The molecule has 2 aliphatic rings. The van der Waals surface area contributed by atoms with Crippen LogP contribution in [0.2, 0.25) is 0 Å². The number of carbonyl (C=O) groups is 2. The van der Waals surface area contributed by atoms with E-state index < -0.39 is 11.0 Å². The van der Waals surface area contributed by atoms with Crippen molar-refractivity contribution in [2.45, 2.75) is 17.9 Å². The highest BCUT2D eigenvalue weighted by molar-refractivity contribution is 7.86. The average molecular weight is 508 g/mol. The van der Waals surface area contributed by atoms with Gasteiger partial charge in [0.25, 0.3) is 5.91 Å². The molecule has 5 rings (SSSR count). The molecular formula is C26H29N5O4S. The number of para-hydroxylation sites is 1. The number of anilines is 1. The summed E-state index contributed by atoms with van der Waals surface area (Å²) in [5.41, 5.74) is 2.75. The third-order valence-corrected chi connectivity index (χ3v) is 7.73. The molecule has 2 aromatic carbocycles. The number of amides is 2. The summed E-state index contributed by atoms with van der Waals surface area (Å²) in [7, 11) is 0.475. The summed E-state index contributed by atoms with van der Waals surface area (Å²) in [6, 6.07) is 14.7. The first-order valence-electron chi connectivity index (χ1n) is 12.0. The van der Waals surface area contributed by atoms with E-state index in [-0.39, 0.29) is 18.1 Å². The van der Waals surface area contributed by atoms with Gasteiger partial charge in [0, 0.05) is 62.1 Å². The Kier molecular flexibility index (Phi) is 6.88. The second-order valence-corrected chi connectivity index (χ2v) is 10.4. The number of benzene rings is 2. The zero-order valence-corrected chi connectivity index (χ0v) is 21.2. The van der Waals surface area contributed by atoms with Gasteiger partial charge < -0.3 is 19.3 Å². The molecule has 2 aliphatic heterocycles. The van der Waals surface area contributed by atoms with Gasteiger partial charge in [-0.1, -0.05) is 18.2 Å². The number of likely N-dealkylation sites (tertiary alicyclic amines) is 1. The zero-order valence-electron chi connectivity index (χ0n) is 20.3. The number of aryl methyl sites for hydroxylation is 1. The molecule has 1 atom stereocenters. The summed E-state index contributed by atoms with van der Waals surface area (Å²) in [5, 5.41) is 0.923. The highest BCUT2D eigenvalue weighted by Crippen LogP contribution is 2.24. The standard InChI is InChI=1S/C26H29N5O4S/c1-18-15-20(25(32)30-11-13-31(14-12-30)26(33)35-21-16-29(2)17-21)8-9-22(18)28-36(34)23-7-3-5-19-6-4-10-27-24(19)23/h3-10,15,21,28H,11-14,16-17H2,1-2H3. The second kappa shape index (κ2) is 10.2. The third-order valence-electron chi connectivity index (χ3n) is 6.59. The maximum atomic E-state index is 13.1. The van der Waals surface area contributed by atoms with Crippen LogP contribution in [0.4, 0.5) is 10.5 Å². The number of pyridine rings is 1. The van der Waals surface area contributed by atoms with Gasteiger partial charge in [0.2, 0.25) is 0 Å². The van der Waals surface area contributed by atoms with Crippen molar-refractivity contribution in [3.8, 4) is 0 Å². The molecule has 0 saturated carbocycles. The Morgan fingerprint density at radius 2 is 1.75 bits per heavy atom. The monoisotopic (exact) mass is 507 g/mol. The first-order chi connectivity index (χ1) is 17.4. The molecule has 2 amide bonds. The van der Waals surface area contributed by atoms with Gasteiger partial charge in [-0.05, 0) is 49.9 Å². The minimum atomic E-state index is -1.51. The van der Waals surface area contributed by atoms with Crippen molar-refractivity contribution in [3.63, 3.8) is 0 Å². The fraction of sp³-hybridized carbons (Fsp3) is 0.346. The van der Waals surface area contributed by atoms with Gasteiger partial charge in [0.05, 0.1) is 10.4 Å². The predicted molar refractivity (Wildman–Crippen MR) is 138 cm³/mol. The van der Waals surface area contributed by atoms with Crippen LogP contribution in [-0.2, 0) is 15.7 Å². The Balaban J connectivity index is 1.19. The van der Waals surface area contributed by atoms with Crippen LogP contribution in [0.3, 0.4) is 0 Å². The number of carbonyl (C=O) groups excluding carboxylic acids is 2. The van der Waals surface area contributed by atoms with Gasteiger partial charge >= 0.3 is 6.09 Å². The quantitative estimate of drug-likeness (QED) is 0.571. The van der Waals surface area contributed by atoms with Crippen molar-refractivity contribution in [1.29, 1.82) is 0 Å². The van der Waals surface area contributed by atoms with Crippen molar-refractivity contribution >= 4 is 39.6 Å². The number of hydrogen-bond donors (Lipinski definition) is 1. The lowest BCUT2D eigenvalue weighted by Crippen LogP contribution is -2.55. The molecule has 3 aromatic rings. The number of aromatic nitrogens is 1. The summed E-state index contributed by atoms with van der Waals surface area (Å²) in [4.78, 5) is 35.9. The molecule has 188 valence electrons. The summed E-state index contributed by atoms with van der Waals surface area (Å²) < 4.78 is 21.6. The largest absolute Gasteiger partial charge is 0.443 e. The van der Waals surface area contributed by atoms with Crippen molar-refractivity contribution in [3.05, 3.63) is 65.9 Å².